The molecule has 0 aliphatic rings. The van der Waals surface area contributed by atoms with Crippen LogP contribution in [0.3, 0.4) is 0 Å². The minimum Gasteiger partial charge on any atom is -0.347 e. The maximum atomic E-state index is 13.4. The molecule has 0 bridgehead atoms. The lowest BCUT2D eigenvalue weighted by Crippen LogP contribution is -2.41. The van der Waals surface area contributed by atoms with Gasteiger partial charge in [0.05, 0.1) is 27.9 Å². The molecule has 2 heterocycles. The Morgan fingerprint density at radius 1 is 1.14 bits per heavy atom. The Bertz CT molecular complexity index is 1350. The number of nitrogens with zero attached hydrogens (tertiary/aromatic N) is 4. The third-order valence-corrected chi connectivity index (χ3v) is 4.90. The lowest BCUT2D eigenvalue weighted by molar-refractivity contribution is -0.141. The van der Waals surface area contributed by atoms with Crippen LogP contribution in [0.4, 0.5) is 18.9 Å². The zero-order valence-electron chi connectivity index (χ0n) is 19.1. The van der Waals surface area contributed by atoms with Crippen LogP contribution in [0.25, 0.3) is 5.82 Å². The fraction of sp³-hybridized carbons (Fsp3) is 0.261. The molecule has 2 aromatic heterocycles. The second kappa shape index (κ2) is 9.38. The van der Waals surface area contributed by atoms with Crippen LogP contribution < -0.4 is 10.6 Å². The quantitative estimate of drug-likeness (QED) is 0.524. The molecule has 0 saturated carbocycles. The van der Waals surface area contributed by atoms with E-state index in [1.807, 2.05) is 6.07 Å². The van der Waals surface area contributed by atoms with Crippen LogP contribution in [0.15, 0.2) is 36.5 Å². The molecule has 182 valence electrons. The molecule has 0 unspecified atom stereocenters. The number of hydrogen-bond acceptors (Lipinski definition) is 5. The van der Waals surface area contributed by atoms with Gasteiger partial charge in [-0.1, -0.05) is 11.6 Å². The number of alkyl halides is 3. The molecule has 12 heteroatoms. The van der Waals surface area contributed by atoms with Crippen LogP contribution in [-0.4, -0.2) is 32.1 Å². The third-order valence-electron chi connectivity index (χ3n) is 4.61. The van der Waals surface area contributed by atoms with E-state index >= 15 is 0 Å². The number of rotatable bonds is 4. The molecule has 0 aliphatic carbocycles. The Labute approximate surface area is 203 Å². The van der Waals surface area contributed by atoms with Crippen LogP contribution >= 0.6 is 11.6 Å². The summed E-state index contributed by atoms with van der Waals surface area (Å²) in [5.41, 5.74) is -1.94. The number of nitrogens with one attached hydrogen (secondary N) is 2. The number of hydrogen-bond donors (Lipinski definition) is 2. The molecule has 2 N–H and O–H groups in total. The zero-order valence-corrected chi connectivity index (χ0v) is 19.8. The minimum atomic E-state index is -4.84. The van der Waals surface area contributed by atoms with Crippen molar-refractivity contribution in [3.63, 3.8) is 0 Å². The van der Waals surface area contributed by atoms with Crippen molar-refractivity contribution in [3.8, 4) is 11.9 Å². The van der Waals surface area contributed by atoms with Crippen molar-refractivity contribution in [2.75, 3.05) is 5.32 Å². The van der Waals surface area contributed by atoms with E-state index in [4.69, 9.17) is 11.6 Å². The molecule has 0 spiro atoms. The molecule has 2 amide bonds. The average Bonchev–Trinajstić information content (AvgIpc) is 3.20. The van der Waals surface area contributed by atoms with Crippen molar-refractivity contribution in [2.24, 2.45) is 0 Å². The van der Waals surface area contributed by atoms with Gasteiger partial charge in [0.1, 0.15) is 5.69 Å². The fourth-order valence-corrected chi connectivity index (χ4v) is 3.36. The SMILES string of the molecule is Cc1cc(C#N)cc(C(=O)NC(C)(C)C)c1NC(=O)c1cc(C(F)(F)F)nn1-c1ncccc1Cl. The van der Waals surface area contributed by atoms with E-state index in [0.717, 1.165) is 0 Å². The number of nitriles is 1. The molecule has 0 fully saturated rings. The molecule has 1 aromatic carbocycles. The summed E-state index contributed by atoms with van der Waals surface area (Å²) in [5, 5.41) is 18.0. The smallest absolute Gasteiger partial charge is 0.347 e. The molecular weight excluding hydrogens is 485 g/mol. The second-order valence-corrected chi connectivity index (χ2v) is 9.03. The van der Waals surface area contributed by atoms with Crippen LogP contribution in [0.5, 0.6) is 0 Å². The van der Waals surface area contributed by atoms with E-state index < -0.39 is 34.9 Å². The molecule has 0 saturated heterocycles. The van der Waals surface area contributed by atoms with Gasteiger partial charge in [-0.05, 0) is 57.5 Å². The molecule has 35 heavy (non-hydrogen) atoms. The predicted molar refractivity (Wildman–Crippen MR) is 122 cm³/mol. The van der Waals surface area contributed by atoms with E-state index in [1.54, 1.807) is 27.7 Å². The predicted octanol–water partition coefficient (Wildman–Crippen LogP) is 4.90. The first kappa shape index (κ1) is 25.7. The van der Waals surface area contributed by atoms with E-state index in [9.17, 15) is 28.0 Å². The van der Waals surface area contributed by atoms with Crippen LogP contribution in [0, 0.1) is 18.3 Å². The highest BCUT2D eigenvalue weighted by Crippen LogP contribution is 2.31. The highest BCUT2D eigenvalue weighted by molar-refractivity contribution is 6.32. The van der Waals surface area contributed by atoms with Crippen LogP contribution in [0.2, 0.25) is 5.02 Å². The summed E-state index contributed by atoms with van der Waals surface area (Å²) in [6, 6.07) is 8.10. The summed E-state index contributed by atoms with van der Waals surface area (Å²) in [7, 11) is 0. The van der Waals surface area contributed by atoms with Gasteiger partial charge < -0.3 is 10.6 Å². The first-order valence-corrected chi connectivity index (χ1v) is 10.6. The summed E-state index contributed by atoms with van der Waals surface area (Å²) >= 11 is 6.09. The summed E-state index contributed by atoms with van der Waals surface area (Å²) in [5.74, 6) is -1.75. The minimum absolute atomic E-state index is 0.0252. The number of halogens is 4. The Kier molecular flexibility index (Phi) is 6.89. The number of carbonyl (C=O) groups is 2. The number of carbonyl (C=O) groups excluding carboxylic acids is 2. The van der Waals surface area contributed by atoms with E-state index in [0.29, 0.717) is 16.3 Å². The highest BCUT2D eigenvalue weighted by Gasteiger charge is 2.37. The third kappa shape index (κ3) is 5.78. The van der Waals surface area contributed by atoms with Gasteiger partial charge in [-0.2, -0.15) is 23.5 Å². The summed E-state index contributed by atoms with van der Waals surface area (Å²) < 4.78 is 40.9. The fourth-order valence-electron chi connectivity index (χ4n) is 3.16. The second-order valence-electron chi connectivity index (χ2n) is 8.62. The first-order valence-electron chi connectivity index (χ1n) is 10.2. The number of aryl methyl sites for hydroxylation is 1. The van der Waals surface area contributed by atoms with Crippen LogP contribution in [-0.2, 0) is 6.18 Å². The number of anilines is 1. The first-order chi connectivity index (χ1) is 16.2. The summed E-state index contributed by atoms with van der Waals surface area (Å²) in [6.45, 7) is 6.80. The standard InChI is InChI=1S/C23H20ClF3N6O2/c1-12-8-13(11-28)9-14(20(34)31-22(2,3)4)18(12)30-21(35)16-10-17(23(25,26)27)32-33(16)19-15(24)6-5-7-29-19/h5-10H,1-4H3,(H,30,35)(H,31,34). The van der Waals surface area contributed by atoms with Gasteiger partial charge in [0.2, 0.25) is 0 Å². The number of amides is 2. The van der Waals surface area contributed by atoms with E-state index in [2.05, 4.69) is 20.7 Å². The van der Waals surface area contributed by atoms with Gasteiger partial charge in [-0.25, -0.2) is 9.67 Å². The molecule has 3 rings (SSSR count). The van der Waals surface area contributed by atoms with Crippen molar-refractivity contribution in [1.82, 2.24) is 20.1 Å². The van der Waals surface area contributed by atoms with E-state index in [1.165, 1.54) is 30.5 Å². The Balaban J connectivity index is 2.12. The topological polar surface area (TPSA) is 113 Å². The highest BCUT2D eigenvalue weighted by atomic mass is 35.5. The van der Waals surface area contributed by atoms with Crippen molar-refractivity contribution in [2.45, 2.75) is 39.4 Å². The van der Waals surface area contributed by atoms with Gasteiger partial charge in [0.25, 0.3) is 11.8 Å². The molecule has 0 atom stereocenters. The lowest BCUT2D eigenvalue weighted by atomic mass is 10.0. The Morgan fingerprint density at radius 3 is 2.40 bits per heavy atom. The van der Waals surface area contributed by atoms with Gasteiger partial charge in [-0.3, -0.25) is 9.59 Å². The zero-order chi connectivity index (χ0) is 26.1. The van der Waals surface area contributed by atoms with Crippen LogP contribution in [0.1, 0.15) is 58.4 Å². The van der Waals surface area contributed by atoms with E-state index in [-0.39, 0.29) is 27.7 Å². The maximum Gasteiger partial charge on any atom is 0.435 e. The van der Waals surface area contributed by atoms with Gasteiger partial charge in [0, 0.05) is 17.8 Å². The molecular formula is C23H20ClF3N6O2. The average molecular weight is 505 g/mol. The van der Waals surface area contributed by atoms with Gasteiger partial charge >= 0.3 is 6.18 Å². The van der Waals surface area contributed by atoms with Crippen molar-refractivity contribution in [3.05, 3.63) is 69.6 Å². The Morgan fingerprint density at radius 2 is 1.83 bits per heavy atom. The van der Waals surface area contributed by atoms with Crippen molar-refractivity contribution < 1.29 is 22.8 Å². The van der Waals surface area contributed by atoms with Gasteiger partial charge in [0.15, 0.2) is 11.5 Å². The van der Waals surface area contributed by atoms with Crippen molar-refractivity contribution >= 4 is 29.1 Å². The molecule has 0 aliphatic heterocycles. The maximum absolute atomic E-state index is 13.4. The normalized spacial score (nSPS) is 11.6. The number of benzene rings is 1. The number of aromatic nitrogens is 3. The lowest BCUT2D eigenvalue weighted by Gasteiger charge is -2.22. The summed E-state index contributed by atoms with van der Waals surface area (Å²) in [4.78, 5) is 30.1. The molecule has 3 aromatic rings. The molecule has 8 nitrogen and oxygen atoms in total. The monoisotopic (exact) mass is 504 g/mol. The molecule has 0 radical (unpaired) electrons. The Hall–Kier alpha value is -3.91. The van der Waals surface area contributed by atoms with Gasteiger partial charge in [-0.15, -0.1) is 0 Å². The number of pyridine rings is 1. The largest absolute Gasteiger partial charge is 0.435 e. The summed E-state index contributed by atoms with van der Waals surface area (Å²) in [6.07, 6.45) is -3.55. The van der Waals surface area contributed by atoms with Crippen molar-refractivity contribution in [1.29, 1.82) is 5.26 Å².